The Morgan fingerprint density at radius 2 is 1.89 bits per heavy atom. The minimum absolute atomic E-state index is 0.184. The number of hydrogen-bond donors (Lipinski definition) is 2. The summed E-state index contributed by atoms with van der Waals surface area (Å²) < 4.78 is 0. The van der Waals surface area contributed by atoms with Crippen LogP contribution in [-0.2, 0) is 9.59 Å². The zero-order chi connectivity index (χ0) is 14.6. The van der Waals surface area contributed by atoms with Crippen LogP contribution in [0.15, 0.2) is 17.2 Å². The van der Waals surface area contributed by atoms with Gasteiger partial charge in [-0.05, 0) is 26.0 Å². The summed E-state index contributed by atoms with van der Waals surface area (Å²) in [5.74, 6) is -0.603. The van der Waals surface area contributed by atoms with Crippen LogP contribution in [0.5, 0.6) is 0 Å². The maximum absolute atomic E-state index is 11.4. The van der Waals surface area contributed by atoms with E-state index in [0.29, 0.717) is 5.69 Å². The highest BCUT2D eigenvalue weighted by atomic mass is 35.5. The van der Waals surface area contributed by atoms with Crippen LogP contribution in [0.25, 0.3) is 0 Å². The fourth-order valence-corrected chi connectivity index (χ4v) is 2.45. The number of anilines is 1. The molecule has 0 bridgehead atoms. The van der Waals surface area contributed by atoms with E-state index in [9.17, 15) is 14.4 Å². The molecule has 0 aromatic carbocycles. The van der Waals surface area contributed by atoms with Gasteiger partial charge in [-0.25, -0.2) is 9.78 Å². The van der Waals surface area contributed by atoms with E-state index >= 15 is 0 Å². The number of urea groups is 1. The minimum atomic E-state index is -0.889. The van der Waals surface area contributed by atoms with Crippen LogP contribution >= 0.6 is 23.4 Å². The van der Waals surface area contributed by atoms with Crippen LogP contribution in [0.4, 0.5) is 10.5 Å². The van der Waals surface area contributed by atoms with Crippen molar-refractivity contribution in [2.45, 2.75) is 24.1 Å². The molecule has 1 rings (SSSR count). The van der Waals surface area contributed by atoms with Crippen molar-refractivity contribution in [3.05, 3.63) is 17.3 Å². The molecule has 0 radical (unpaired) electrons. The number of primary amides is 1. The Bertz CT molecular complexity index is 522. The third-order valence-electron chi connectivity index (χ3n) is 2.05. The van der Waals surface area contributed by atoms with E-state index in [2.05, 4.69) is 10.3 Å². The number of carbonyl (C=O) groups excluding carboxylic acids is 3. The number of rotatable bonds is 5. The predicted molar refractivity (Wildman–Crippen MR) is 73.5 cm³/mol. The number of nitrogens with zero attached hydrogens (tertiary/aromatic N) is 1. The number of pyridine rings is 1. The zero-order valence-corrected chi connectivity index (χ0v) is 11.8. The second-order valence-corrected chi connectivity index (χ2v) is 5.18. The molecule has 0 fully saturated rings. The van der Waals surface area contributed by atoms with Crippen molar-refractivity contribution in [1.82, 2.24) is 4.98 Å². The third kappa shape index (κ3) is 4.53. The Morgan fingerprint density at radius 3 is 2.37 bits per heavy atom. The molecular weight excluding hydrogens is 290 g/mol. The maximum Gasteiger partial charge on any atom is 0.316 e. The van der Waals surface area contributed by atoms with Gasteiger partial charge in [0.1, 0.15) is 15.4 Å². The van der Waals surface area contributed by atoms with Crippen molar-refractivity contribution in [3.8, 4) is 0 Å². The van der Waals surface area contributed by atoms with Gasteiger partial charge in [0.15, 0.2) is 11.6 Å². The molecule has 8 heteroatoms. The number of amides is 2. The standard InChI is InChI=1S/C11H12ClN3O3S/c1-5(16)9(6(2)17)19-10-7(14-11(13)18)3-4-8(12)15-10/h3-4,9H,1-2H3,(H3,13,14,18). The largest absolute Gasteiger partial charge is 0.351 e. The van der Waals surface area contributed by atoms with Crippen molar-refractivity contribution >= 4 is 46.6 Å². The van der Waals surface area contributed by atoms with Crippen molar-refractivity contribution < 1.29 is 14.4 Å². The monoisotopic (exact) mass is 301 g/mol. The Morgan fingerprint density at radius 1 is 1.32 bits per heavy atom. The molecule has 0 aliphatic rings. The molecule has 2 amide bonds. The van der Waals surface area contributed by atoms with Crippen LogP contribution in [-0.4, -0.2) is 27.8 Å². The highest BCUT2D eigenvalue weighted by Gasteiger charge is 2.23. The van der Waals surface area contributed by atoms with Crippen LogP contribution in [0.2, 0.25) is 5.15 Å². The topological polar surface area (TPSA) is 102 Å². The number of nitrogens with one attached hydrogen (secondary N) is 1. The first-order chi connectivity index (χ1) is 8.81. The second kappa shape index (κ2) is 6.53. The van der Waals surface area contributed by atoms with Crippen molar-refractivity contribution in [1.29, 1.82) is 0 Å². The van der Waals surface area contributed by atoms with Crippen molar-refractivity contribution in [2.75, 3.05) is 5.32 Å². The predicted octanol–water partition coefficient (Wildman–Crippen LogP) is 1.86. The first-order valence-corrected chi connectivity index (χ1v) is 6.47. The average molecular weight is 302 g/mol. The van der Waals surface area contributed by atoms with E-state index < -0.39 is 11.3 Å². The summed E-state index contributed by atoms with van der Waals surface area (Å²) in [7, 11) is 0. The summed E-state index contributed by atoms with van der Waals surface area (Å²) in [5.41, 5.74) is 5.33. The molecule has 0 aliphatic carbocycles. The van der Waals surface area contributed by atoms with Crippen LogP contribution in [0.3, 0.4) is 0 Å². The zero-order valence-electron chi connectivity index (χ0n) is 10.3. The smallest absolute Gasteiger partial charge is 0.316 e. The van der Waals surface area contributed by atoms with Crippen molar-refractivity contribution in [2.24, 2.45) is 5.73 Å². The molecule has 0 unspecified atom stereocenters. The molecule has 0 aliphatic heterocycles. The Balaban J connectivity index is 3.10. The maximum atomic E-state index is 11.4. The van der Waals surface area contributed by atoms with E-state index in [0.717, 1.165) is 11.8 Å². The van der Waals surface area contributed by atoms with E-state index in [1.165, 1.54) is 26.0 Å². The molecule has 6 nitrogen and oxygen atoms in total. The third-order valence-corrected chi connectivity index (χ3v) is 3.70. The molecule has 19 heavy (non-hydrogen) atoms. The Labute approximate surface area is 119 Å². The van der Waals surface area contributed by atoms with E-state index in [-0.39, 0.29) is 21.7 Å². The van der Waals surface area contributed by atoms with Crippen LogP contribution in [0, 0.1) is 0 Å². The van der Waals surface area contributed by atoms with Gasteiger partial charge < -0.3 is 11.1 Å². The number of aromatic nitrogens is 1. The average Bonchev–Trinajstić information content (AvgIpc) is 2.27. The lowest BCUT2D eigenvalue weighted by atomic mass is 10.2. The van der Waals surface area contributed by atoms with Gasteiger partial charge in [-0.2, -0.15) is 0 Å². The van der Waals surface area contributed by atoms with Gasteiger partial charge in [-0.15, -0.1) is 0 Å². The van der Waals surface area contributed by atoms with Gasteiger partial charge in [-0.3, -0.25) is 9.59 Å². The van der Waals surface area contributed by atoms with E-state index in [4.69, 9.17) is 17.3 Å². The molecule has 0 saturated heterocycles. The first-order valence-electron chi connectivity index (χ1n) is 5.22. The summed E-state index contributed by atoms with van der Waals surface area (Å²) in [6, 6.07) is 2.20. The molecule has 0 atom stereocenters. The van der Waals surface area contributed by atoms with Gasteiger partial charge in [0.25, 0.3) is 0 Å². The lowest BCUT2D eigenvalue weighted by Gasteiger charge is -2.13. The van der Waals surface area contributed by atoms with Gasteiger partial charge >= 0.3 is 6.03 Å². The fraction of sp³-hybridized carbons (Fsp3) is 0.273. The number of hydrogen-bond acceptors (Lipinski definition) is 5. The Kier molecular flexibility index (Phi) is 5.31. The number of Topliss-reactive ketones (excluding diaryl/α,β-unsaturated/α-hetero) is 2. The summed E-state index contributed by atoms with van der Waals surface area (Å²) in [6.07, 6.45) is 0. The quantitative estimate of drug-likeness (QED) is 0.491. The SMILES string of the molecule is CC(=O)C(Sc1nc(Cl)ccc1NC(N)=O)C(C)=O. The van der Waals surface area contributed by atoms with Crippen LogP contribution in [0.1, 0.15) is 13.8 Å². The number of thioether (sulfide) groups is 1. The fourth-order valence-electron chi connectivity index (χ4n) is 1.30. The van der Waals surface area contributed by atoms with E-state index in [1.807, 2.05) is 0 Å². The number of ketones is 2. The first kappa shape index (κ1) is 15.5. The van der Waals surface area contributed by atoms with E-state index in [1.54, 1.807) is 0 Å². The molecule has 1 aromatic rings. The molecular formula is C11H12ClN3O3S. The highest BCUT2D eigenvalue weighted by Crippen LogP contribution is 2.31. The van der Waals surface area contributed by atoms with Crippen molar-refractivity contribution in [3.63, 3.8) is 0 Å². The van der Waals surface area contributed by atoms with Gasteiger partial charge in [0.05, 0.1) is 5.69 Å². The summed E-state index contributed by atoms with van der Waals surface area (Å²) in [4.78, 5) is 37.6. The number of nitrogens with two attached hydrogens (primary N) is 1. The molecule has 0 spiro atoms. The van der Waals surface area contributed by atoms with Gasteiger partial charge in [0, 0.05) is 0 Å². The number of carbonyl (C=O) groups is 3. The summed E-state index contributed by atoms with van der Waals surface area (Å²) >= 11 is 6.68. The molecule has 0 saturated carbocycles. The molecule has 102 valence electrons. The highest BCUT2D eigenvalue weighted by molar-refractivity contribution is 8.01. The Hall–Kier alpha value is -1.60. The van der Waals surface area contributed by atoms with Crippen LogP contribution < -0.4 is 11.1 Å². The molecule has 1 heterocycles. The van der Waals surface area contributed by atoms with Gasteiger partial charge in [-0.1, -0.05) is 23.4 Å². The summed E-state index contributed by atoms with van der Waals surface area (Å²) in [5, 5.41) is 1.92. The summed E-state index contributed by atoms with van der Waals surface area (Å²) in [6.45, 7) is 2.62. The normalized spacial score (nSPS) is 10.3. The lowest BCUT2D eigenvalue weighted by molar-refractivity contribution is -0.123. The minimum Gasteiger partial charge on any atom is -0.351 e. The molecule has 3 N–H and O–H groups in total. The second-order valence-electron chi connectivity index (χ2n) is 3.70. The molecule has 1 aromatic heterocycles. The van der Waals surface area contributed by atoms with Gasteiger partial charge in [0.2, 0.25) is 0 Å². The lowest BCUT2D eigenvalue weighted by Crippen LogP contribution is -2.23. The number of halogens is 1.